The van der Waals surface area contributed by atoms with E-state index in [9.17, 15) is 14.9 Å². The summed E-state index contributed by atoms with van der Waals surface area (Å²) >= 11 is 6.08. The van der Waals surface area contributed by atoms with Crippen molar-refractivity contribution in [2.75, 3.05) is 39.3 Å². The highest BCUT2D eigenvalue weighted by Gasteiger charge is 2.24. The number of piperazine rings is 1. The number of hydrogen-bond donors (Lipinski definition) is 0. The summed E-state index contributed by atoms with van der Waals surface area (Å²) in [4.78, 5) is 27.3. The number of hydrogen-bond acceptors (Lipinski definition) is 5. The predicted octanol–water partition coefficient (Wildman–Crippen LogP) is 3.39. The monoisotopic (exact) mass is 403 g/mol. The van der Waals surface area contributed by atoms with Crippen molar-refractivity contribution in [1.82, 2.24) is 9.80 Å². The van der Waals surface area contributed by atoms with Gasteiger partial charge in [0, 0.05) is 50.4 Å². The molecule has 28 heavy (non-hydrogen) atoms. The molecule has 0 aliphatic carbocycles. The van der Waals surface area contributed by atoms with Crippen LogP contribution in [-0.2, 0) is 0 Å². The van der Waals surface area contributed by atoms with E-state index in [2.05, 4.69) is 4.90 Å². The number of non-ortho nitro benzene ring substituents is 1. The summed E-state index contributed by atoms with van der Waals surface area (Å²) in [7, 11) is 0. The van der Waals surface area contributed by atoms with Gasteiger partial charge in [0.1, 0.15) is 12.4 Å². The molecule has 1 fully saturated rings. The van der Waals surface area contributed by atoms with Gasteiger partial charge < -0.3 is 9.64 Å². The molecule has 0 radical (unpaired) electrons. The van der Waals surface area contributed by atoms with Gasteiger partial charge in [-0.15, -0.1) is 0 Å². The minimum absolute atomic E-state index is 0.0655. The zero-order chi connectivity index (χ0) is 20.1. The maximum absolute atomic E-state index is 12.8. The first-order valence-electron chi connectivity index (χ1n) is 9.09. The van der Waals surface area contributed by atoms with Crippen molar-refractivity contribution in [3.63, 3.8) is 0 Å². The van der Waals surface area contributed by atoms with Gasteiger partial charge in [0.2, 0.25) is 0 Å². The number of rotatable bonds is 6. The second kappa shape index (κ2) is 9.03. The van der Waals surface area contributed by atoms with Crippen LogP contribution in [-0.4, -0.2) is 60.0 Å². The molecule has 7 nitrogen and oxygen atoms in total. The Balaban J connectivity index is 1.51. The zero-order valence-corrected chi connectivity index (χ0v) is 16.4. The zero-order valence-electron chi connectivity index (χ0n) is 15.6. The molecule has 0 atom stereocenters. The summed E-state index contributed by atoms with van der Waals surface area (Å²) in [6, 6.07) is 11.8. The quantitative estimate of drug-likeness (QED) is 0.545. The van der Waals surface area contributed by atoms with Crippen molar-refractivity contribution in [2.24, 2.45) is 0 Å². The number of ether oxygens (including phenoxy) is 1. The minimum atomic E-state index is -0.479. The number of carbonyl (C=O) groups excluding carboxylic acids is 1. The van der Waals surface area contributed by atoms with Crippen LogP contribution in [0.4, 0.5) is 5.69 Å². The van der Waals surface area contributed by atoms with Crippen molar-refractivity contribution < 1.29 is 14.5 Å². The Kier molecular flexibility index (Phi) is 6.49. The second-order valence-corrected chi connectivity index (χ2v) is 7.08. The average Bonchev–Trinajstić information content (AvgIpc) is 2.69. The van der Waals surface area contributed by atoms with Gasteiger partial charge in [-0.1, -0.05) is 29.8 Å². The fourth-order valence-corrected chi connectivity index (χ4v) is 3.34. The number of aryl methyl sites for hydroxylation is 1. The number of para-hydroxylation sites is 1. The minimum Gasteiger partial charge on any atom is -0.491 e. The number of halogens is 1. The lowest BCUT2D eigenvalue weighted by molar-refractivity contribution is -0.384. The van der Waals surface area contributed by atoms with Gasteiger partial charge in [0.05, 0.1) is 9.95 Å². The summed E-state index contributed by atoms with van der Waals surface area (Å²) in [5.41, 5.74) is 1.07. The van der Waals surface area contributed by atoms with E-state index >= 15 is 0 Å². The Labute approximate surface area is 168 Å². The number of amides is 1. The molecule has 0 bridgehead atoms. The number of nitro groups is 1. The molecule has 8 heteroatoms. The van der Waals surface area contributed by atoms with Crippen LogP contribution in [0.3, 0.4) is 0 Å². The highest BCUT2D eigenvalue weighted by Crippen LogP contribution is 2.23. The molecule has 1 aliphatic heterocycles. The molecule has 0 unspecified atom stereocenters. The molecule has 0 N–H and O–H groups in total. The van der Waals surface area contributed by atoms with Crippen LogP contribution in [0.5, 0.6) is 5.75 Å². The third-order valence-corrected chi connectivity index (χ3v) is 5.14. The van der Waals surface area contributed by atoms with Crippen LogP contribution in [0.2, 0.25) is 5.02 Å². The molecule has 2 aromatic rings. The van der Waals surface area contributed by atoms with Gasteiger partial charge in [0.25, 0.3) is 11.6 Å². The molecular formula is C20H22ClN3O4. The third-order valence-electron chi connectivity index (χ3n) is 4.82. The lowest BCUT2D eigenvalue weighted by Crippen LogP contribution is -2.49. The molecule has 0 spiro atoms. The van der Waals surface area contributed by atoms with Crippen LogP contribution >= 0.6 is 11.6 Å². The first kappa shape index (κ1) is 20.1. The van der Waals surface area contributed by atoms with Crippen LogP contribution in [0, 0.1) is 17.0 Å². The molecule has 1 saturated heterocycles. The molecule has 148 valence electrons. The number of benzene rings is 2. The summed E-state index contributed by atoms with van der Waals surface area (Å²) in [6.07, 6.45) is 0. The van der Waals surface area contributed by atoms with Crippen molar-refractivity contribution in [1.29, 1.82) is 0 Å². The molecule has 1 heterocycles. The van der Waals surface area contributed by atoms with Crippen LogP contribution in [0.1, 0.15) is 15.9 Å². The van der Waals surface area contributed by atoms with Crippen LogP contribution in [0.15, 0.2) is 42.5 Å². The first-order valence-corrected chi connectivity index (χ1v) is 9.47. The predicted molar refractivity (Wildman–Crippen MR) is 107 cm³/mol. The lowest BCUT2D eigenvalue weighted by Gasteiger charge is -2.34. The smallest absolute Gasteiger partial charge is 0.270 e. The molecule has 2 aromatic carbocycles. The molecule has 1 aliphatic rings. The number of nitro benzene ring substituents is 1. The van der Waals surface area contributed by atoms with Crippen LogP contribution in [0.25, 0.3) is 0 Å². The standard InChI is InChI=1S/C20H22ClN3O4/c1-15-6-7-16(24(26)27)14-17(15)20(25)23-10-8-22(9-11-23)12-13-28-19-5-3-2-4-18(19)21/h2-7,14H,8-13H2,1H3. The van der Waals surface area contributed by atoms with E-state index in [1.54, 1.807) is 24.0 Å². The largest absolute Gasteiger partial charge is 0.491 e. The van der Waals surface area contributed by atoms with Gasteiger partial charge in [-0.2, -0.15) is 0 Å². The maximum Gasteiger partial charge on any atom is 0.270 e. The Bertz CT molecular complexity index is 866. The average molecular weight is 404 g/mol. The molecule has 0 aromatic heterocycles. The summed E-state index contributed by atoms with van der Waals surface area (Å²) in [5.74, 6) is 0.507. The van der Waals surface area contributed by atoms with Gasteiger partial charge >= 0.3 is 0 Å². The van der Waals surface area contributed by atoms with Gasteiger partial charge in [-0.3, -0.25) is 19.8 Å². The Hall–Kier alpha value is -2.64. The molecule has 3 rings (SSSR count). The van der Waals surface area contributed by atoms with E-state index < -0.39 is 4.92 Å². The van der Waals surface area contributed by atoms with Crippen molar-refractivity contribution in [2.45, 2.75) is 6.92 Å². The van der Waals surface area contributed by atoms with Crippen molar-refractivity contribution in [3.05, 3.63) is 68.7 Å². The summed E-state index contributed by atoms with van der Waals surface area (Å²) in [6.45, 7) is 5.65. The number of nitrogens with zero attached hydrogens (tertiary/aromatic N) is 3. The van der Waals surface area contributed by atoms with E-state index in [-0.39, 0.29) is 11.6 Å². The number of carbonyl (C=O) groups is 1. The Morgan fingerprint density at radius 1 is 1.18 bits per heavy atom. The first-order chi connectivity index (χ1) is 13.5. The van der Waals surface area contributed by atoms with E-state index in [0.29, 0.717) is 36.0 Å². The highest BCUT2D eigenvalue weighted by atomic mass is 35.5. The fraction of sp³-hybridized carbons (Fsp3) is 0.350. The van der Waals surface area contributed by atoms with E-state index in [4.69, 9.17) is 16.3 Å². The Morgan fingerprint density at radius 3 is 2.57 bits per heavy atom. The second-order valence-electron chi connectivity index (χ2n) is 6.67. The molecular weight excluding hydrogens is 382 g/mol. The highest BCUT2D eigenvalue weighted by molar-refractivity contribution is 6.32. The summed E-state index contributed by atoms with van der Waals surface area (Å²) < 4.78 is 5.72. The van der Waals surface area contributed by atoms with Crippen molar-refractivity contribution >= 4 is 23.2 Å². The fourth-order valence-electron chi connectivity index (χ4n) is 3.15. The van der Waals surface area contributed by atoms with Crippen molar-refractivity contribution in [3.8, 4) is 5.75 Å². The molecule has 0 saturated carbocycles. The normalized spacial score (nSPS) is 14.7. The molecule has 1 amide bonds. The SMILES string of the molecule is Cc1ccc([N+](=O)[O-])cc1C(=O)N1CCN(CCOc2ccccc2Cl)CC1. The van der Waals surface area contributed by atoms with Gasteiger partial charge in [-0.25, -0.2) is 0 Å². The lowest BCUT2D eigenvalue weighted by atomic mass is 10.1. The van der Waals surface area contributed by atoms with E-state index in [0.717, 1.165) is 25.2 Å². The van der Waals surface area contributed by atoms with E-state index in [1.807, 2.05) is 18.2 Å². The maximum atomic E-state index is 12.8. The van der Waals surface area contributed by atoms with Gasteiger partial charge in [-0.05, 0) is 24.6 Å². The third kappa shape index (κ3) is 4.79. The summed E-state index contributed by atoms with van der Waals surface area (Å²) in [5, 5.41) is 11.6. The Morgan fingerprint density at radius 2 is 1.89 bits per heavy atom. The topological polar surface area (TPSA) is 75.9 Å². The van der Waals surface area contributed by atoms with Crippen LogP contribution < -0.4 is 4.74 Å². The van der Waals surface area contributed by atoms with Gasteiger partial charge in [0.15, 0.2) is 0 Å². The van der Waals surface area contributed by atoms with E-state index in [1.165, 1.54) is 12.1 Å².